The maximum Gasteiger partial charge on any atom is 0.127 e. The van der Waals surface area contributed by atoms with E-state index in [1.807, 2.05) is 12.1 Å². The maximum absolute atomic E-state index is 14.1. The Hall–Kier alpha value is -0.930. The van der Waals surface area contributed by atoms with Crippen molar-refractivity contribution >= 4 is 0 Å². The zero-order valence-electron chi connectivity index (χ0n) is 13.7. The molecule has 0 bridgehead atoms. The van der Waals surface area contributed by atoms with Crippen LogP contribution in [-0.4, -0.2) is 24.0 Å². The summed E-state index contributed by atoms with van der Waals surface area (Å²) < 4.78 is 14.1. The number of nitrogens with zero attached hydrogens (tertiary/aromatic N) is 1. The molecule has 0 atom stereocenters. The highest BCUT2D eigenvalue weighted by molar-refractivity contribution is 5.25. The van der Waals surface area contributed by atoms with E-state index >= 15 is 0 Å². The molecule has 1 N–H and O–H groups in total. The van der Waals surface area contributed by atoms with Crippen LogP contribution in [0.2, 0.25) is 0 Å². The molecule has 1 saturated carbocycles. The summed E-state index contributed by atoms with van der Waals surface area (Å²) in [7, 11) is 0. The van der Waals surface area contributed by atoms with E-state index in [0.29, 0.717) is 12.0 Å². The lowest BCUT2D eigenvalue weighted by molar-refractivity contribution is 0.223. The van der Waals surface area contributed by atoms with Crippen molar-refractivity contribution in [2.45, 2.75) is 59.2 Å². The van der Waals surface area contributed by atoms with E-state index in [1.54, 1.807) is 6.07 Å². The molecular formula is C18H29FN2. The first-order valence-electron chi connectivity index (χ1n) is 8.32. The first kappa shape index (κ1) is 16.4. The topological polar surface area (TPSA) is 15.3 Å². The molecule has 0 aliphatic heterocycles. The zero-order chi connectivity index (χ0) is 15.2. The normalized spacial score (nSPS) is 15.1. The van der Waals surface area contributed by atoms with Crippen LogP contribution in [0.15, 0.2) is 18.2 Å². The third-order valence-electron chi connectivity index (χ3n) is 3.90. The van der Waals surface area contributed by atoms with Crippen LogP contribution >= 0.6 is 0 Å². The first-order chi connectivity index (χ1) is 10.1. The van der Waals surface area contributed by atoms with Gasteiger partial charge in [0.05, 0.1) is 0 Å². The van der Waals surface area contributed by atoms with E-state index in [0.717, 1.165) is 38.2 Å². The van der Waals surface area contributed by atoms with Crippen LogP contribution in [0, 0.1) is 11.7 Å². The van der Waals surface area contributed by atoms with Crippen molar-refractivity contribution in [2.75, 3.05) is 13.1 Å². The fraction of sp³-hybridized carbons (Fsp3) is 0.667. The molecule has 3 heteroatoms. The fourth-order valence-corrected chi connectivity index (χ4v) is 2.74. The lowest BCUT2D eigenvalue weighted by Crippen LogP contribution is -2.30. The van der Waals surface area contributed by atoms with Gasteiger partial charge in [0.1, 0.15) is 5.82 Å². The Labute approximate surface area is 128 Å². The Balaban J connectivity index is 2.01. The molecule has 2 rings (SSSR count). The molecule has 0 spiro atoms. The zero-order valence-corrected chi connectivity index (χ0v) is 13.7. The molecule has 0 saturated heterocycles. The van der Waals surface area contributed by atoms with Crippen molar-refractivity contribution in [1.29, 1.82) is 0 Å². The van der Waals surface area contributed by atoms with Gasteiger partial charge in [-0.1, -0.05) is 32.9 Å². The van der Waals surface area contributed by atoms with E-state index in [9.17, 15) is 4.39 Å². The summed E-state index contributed by atoms with van der Waals surface area (Å²) in [6.45, 7) is 10.3. The number of benzene rings is 1. The number of rotatable bonds is 9. The Morgan fingerprint density at radius 3 is 2.71 bits per heavy atom. The average molecular weight is 292 g/mol. The highest BCUT2D eigenvalue weighted by Crippen LogP contribution is 2.29. The Morgan fingerprint density at radius 1 is 1.33 bits per heavy atom. The number of nitrogens with one attached hydrogen (secondary N) is 1. The van der Waals surface area contributed by atoms with E-state index in [-0.39, 0.29) is 5.82 Å². The van der Waals surface area contributed by atoms with Crippen LogP contribution in [0.5, 0.6) is 0 Å². The molecule has 0 unspecified atom stereocenters. The predicted molar refractivity (Wildman–Crippen MR) is 86.7 cm³/mol. The quantitative estimate of drug-likeness (QED) is 0.693. The summed E-state index contributed by atoms with van der Waals surface area (Å²) >= 11 is 0. The number of halogens is 1. The molecule has 1 fully saturated rings. The van der Waals surface area contributed by atoms with Crippen LogP contribution in [-0.2, 0) is 13.1 Å². The monoisotopic (exact) mass is 292 g/mol. The Morgan fingerprint density at radius 2 is 2.10 bits per heavy atom. The summed E-state index contributed by atoms with van der Waals surface area (Å²) in [4.78, 5) is 2.45. The van der Waals surface area contributed by atoms with Crippen LogP contribution in [0.3, 0.4) is 0 Å². The molecule has 0 amide bonds. The molecule has 1 aliphatic carbocycles. The van der Waals surface area contributed by atoms with Gasteiger partial charge in [0.15, 0.2) is 0 Å². The molecule has 0 radical (unpaired) electrons. The van der Waals surface area contributed by atoms with Gasteiger partial charge in [-0.2, -0.15) is 0 Å². The van der Waals surface area contributed by atoms with Gasteiger partial charge in [-0.25, -0.2) is 4.39 Å². The van der Waals surface area contributed by atoms with Gasteiger partial charge in [-0.05, 0) is 43.4 Å². The molecular weight excluding hydrogens is 263 g/mol. The molecule has 1 aromatic rings. The summed E-state index contributed by atoms with van der Waals surface area (Å²) in [6.07, 6.45) is 3.66. The lowest BCUT2D eigenvalue weighted by atomic mass is 10.1. The average Bonchev–Trinajstić information content (AvgIpc) is 3.25. The first-order valence-corrected chi connectivity index (χ1v) is 8.32. The van der Waals surface area contributed by atoms with Crippen molar-refractivity contribution in [3.63, 3.8) is 0 Å². The van der Waals surface area contributed by atoms with Crippen molar-refractivity contribution in [2.24, 2.45) is 5.92 Å². The molecule has 0 heterocycles. The van der Waals surface area contributed by atoms with E-state index in [4.69, 9.17) is 0 Å². The van der Waals surface area contributed by atoms with Crippen LogP contribution < -0.4 is 5.32 Å². The largest absolute Gasteiger partial charge is 0.313 e. The van der Waals surface area contributed by atoms with Crippen LogP contribution in [0.1, 0.15) is 51.2 Å². The van der Waals surface area contributed by atoms with Crippen molar-refractivity contribution in [3.05, 3.63) is 35.1 Å². The fourth-order valence-electron chi connectivity index (χ4n) is 2.74. The van der Waals surface area contributed by atoms with Gasteiger partial charge >= 0.3 is 0 Å². The second-order valence-electron chi connectivity index (χ2n) is 6.66. The van der Waals surface area contributed by atoms with Gasteiger partial charge in [-0.15, -0.1) is 0 Å². The van der Waals surface area contributed by atoms with Crippen molar-refractivity contribution in [1.82, 2.24) is 10.2 Å². The minimum atomic E-state index is -0.0661. The highest BCUT2D eigenvalue weighted by Gasteiger charge is 2.29. The van der Waals surface area contributed by atoms with Crippen molar-refractivity contribution < 1.29 is 4.39 Å². The Bertz CT molecular complexity index is 441. The molecule has 21 heavy (non-hydrogen) atoms. The molecule has 118 valence electrons. The van der Waals surface area contributed by atoms with E-state index < -0.39 is 0 Å². The highest BCUT2D eigenvalue weighted by atomic mass is 19.1. The minimum Gasteiger partial charge on any atom is -0.313 e. The molecule has 2 nitrogen and oxygen atoms in total. The maximum atomic E-state index is 14.1. The summed E-state index contributed by atoms with van der Waals surface area (Å²) in [5.74, 6) is 0.562. The third-order valence-corrected chi connectivity index (χ3v) is 3.90. The SMILES string of the molecule is CCCNCc1ccc(F)c(CN(CC(C)C)C2CC2)c1. The van der Waals surface area contributed by atoms with E-state index in [1.165, 1.54) is 18.4 Å². The number of hydrogen-bond acceptors (Lipinski definition) is 2. The predicted octanol–water partition coefficient (Wildman–Crippen LogP) is 3.95. The van der Waals surface area contributed by atoms with Crippen LogP contribution in [0.4, 0.5) is 4.39 Å². The van der Waals surface area contributed by atoms with Gasteiger partial charge in [0.2, 0.25) is 0 Å². The summed E-state index contributed by atoms with van der Waals surface area (Å²) in [5.41, 5.74) is 2.03. The number of hydrogen-bond donors (Lipinski definition) is 1. The molecule has 1 aromatic carbocycles. The summed E-state index contributed by atoms with van der Waals surface area (Å²) in [6, 6.07) is 6.23. The third kappa shape index (κ3) is 5.40. The van der Waals surface area contributed by atoms with Crippen molar-refractivity contribution in [3.8, 4) is 0 Å². The standard InChI is InChI=1S/C18H29FN2/c1-4-9-20-11-15-5-8-18(19)16(10-15)13-21(12-14(2)3)17-6-7-17/h5,8,10,14,17,20H,4,6-7,9,11-13H2,1-3H3. The van der Waals surface area contributed by atoms with Gasteiger partial charge in [0, 0.05) is 31.2 Å². The second kappa shape index (κ2) is 7.90. The van der Waals surface area contributed by atoms with Gasteiger partial charge in [-0.3, -0.25) is 4.90 Å². The lowest BCUT2D eigenvalue weighted by Gasteiger charge is -2.24. The van der Waals surface area contributed by atoms with Gasteiger partial charge in [0.25, 0.3) is 0 Å². The van der Waals surface area contributed by atoms with E-state index in [2.05, 4.69) is 31.0 Å². The Kier molecular flexibility index (Phi) is 6.19. The molecule has 1 aliphatic rings. The van der Waals surface area contributed by atoms with Crippen LogP contribution in [0.25, 0.3) is 0 Å². The van der Waals surface area contributed by atoms with Gasteiger partial charge < -0.3 is 5.32 Å². The molecule has 0 aromatic heterocycles. The smallest absolute Gasteiger partial charge is 0.127 e. The minimum absolute atomic E-state index is 0.0661. The summed E-state index contributed by atoms with van der Waals surface area (Å²) in [5, 5.41) is 3.38. The second-order valence-corrected chi connectivity index (χ2v) is 6.66.